The largest absolute Gasteiger partial charge is 0.345 e. The molecule has 0 aromatic heterocycles. The summed E-state index contributed by atoms with van der Waals surface area (Å²) < 4.78 is 19.0. The first-order valence-corrected chi connectivity index (χ1v) is 7.51. The summed E-state index contributed by atoms with van der Waals surface area (Å²) in [6.07, 6.45) is -0.235. The molecule has 0 aromatic rings. The predicted octanol–water partition coefficient (Wildman–Crippen LogP) is 1.70. The van der Waals surface area contributed by atoms with Gasteiger partial charge in [0.2, 0.25) is 0 Å². The van der Waals surface area contributed by atoms with Crippen molar-refractivity contribution in [3.8, 4) is 0 Å². The molecule has 9 heteroatoms. The molecule has 1 saturated heterocycles. The summed E-state index contributed by atoms with van der Waals surface area (Å²) in [5, 5.41) is 11.5. The van der Waals surface area contributed by atoms with Crippen LogP contribution in [0.15, 0.2) is 0 Å². The van der Waals surface area contributed by atoms with Crippen molar-refractivity contribution >= 4 is 30.9 Å². The molecule has 0 bridgehead atoms. The quantitative estimate of drug-likeness (QED) is 0.336. The van der Waals surface area contributed by atoms with E-state index in [2.05, 4.69) is 9.97 Å². The fourth-order valence-electron chi connectivity index (χ4n) is 1.46. The van der Waals surface area contributed by atoms with Gasteiger partial charge in [-0.25, -0.2) is 9.97 Å². The van der Waals surface area contributed by atoms with E-state index in [0.717, 1.165) is 0 Å². The van der Waals surface area contributed by atoms with Crippen molar-refractivity contribution < 1.29 is 19.2 Å². The van der Waals surface area contributed by atoms with E-state index in [1.165, 1.54) is 4.67 Å². The summed E-state index contributed by atoms with van der Waals surface area (Å²) in [4.78, 5) is 4.27. The Kier molecular flexibility index (Phi) is 6.54. The van der Waals surface area contributed by atoms with E-state index in [4.69, 9.17) is 33.0 Å². The number of alkyl halides is 2. The van der Waals surface area contributed by atoms with E-state index >= 15 is 0 Å². The smallest absolute Gasteiger partial charge is 0.306 e. The molecule has 2 N–H and O–H groups in total. The average molecular weight is 293 g/mol. The lowest BCUT2D eigenvalue weighted by Crippen LogP contribution is -2.44. The third-order valence-electron chi connectivity index (χ3n) is 2.14. The average Bonchev–Trinajstić information content (AvgIpc) is 2.30. The van der Waals surface area contributed by atoms with Crippen molar-refractivity contribution in [1.82, 2.24) is 9.76 Å². The zero-order valence-electron chi connectivity index (χ0n) is 8.64. The van der Waals surface area contributed by atoms with Gasteiger partial charge in [-0.05, 0) is 0 Å². The summed E-state index contributed by atoms with van der Waals surface area (Å²) >= 11 is 11.1. The van der Waals surface area contributed by atoms with E-state index in [1.807, 2.05) is 0 Å². The van der Waals surface area contributed by atoms with Crippen LogP contribution in [0.4, 0.5) is 0 Å². The number of hydrogen-bond acceptors (Lipinski definition) is 4. The van der Waals surface area contributed by atoms with Crippen LogP contribution >= 0.6 is 30.9 Å². The van der Waals surface area contributed by atoms with Gasteiger partial charge in [-0.15, -0.1) is 23.2 Å². The van der Waals surface area contributed by atoms with Gasteiger partial charge in [0.05, 0.1) is 6.61 Å². The van der Waals surface area contributed by atoms with Crippen LogP contribution < -0.4 is 5.09 Å². The molecule has 0 aliphatic carbocycles. The lowest BCUT2D eigenvalue weighted by Gasteiger charge is -2.38. The first-order valence-electron chi connectivity index (χ1n) is 4.87. The molecular formula is C7H15Cl2N2O4P. The summed E-state index contributed by atoms with van der Waals surface area (Å²) in [6, 6.07) is 0. The number of hydrogen-bond donors (Lipinski definition) is 2. The van der Waals surface area contributed by atoms with Crippen molar-refractivity contribution in [2.24, 2.45) is 0 Å². The standard InChI is InChI=1S/C7H15Cl2N2O4P/c8-2-4-10-16(13)11(5-3-9)7(15-12)1-6-14-16/h7,12H,1-6H2,(H,10,13). The minimum atomic E-state index is -3.20. The van der Waals surface area contributed by atoms with Crippen molar-refractivity contribution in [2.45, 2.75) is 12.6 Å². The molecule has 0 aromatic carbocycles. The van der Waals surface area contributed by atoms with E-state index in [9.17, 15) is 4.57 Å². The summed E-state index contributed by atoms with van der Waals surface area (Å²) in [5.74, 6) is 0.572. The molecule has 0 saturated carbocycles. The zero-order valence-corrected chi connectivity index (χ0v) is 11.0. The number of rotatable bonds is 6. The Bertz CT molecular complexity index is 259. The van der Waals surface area contributed by atoms with Gasteiger partial charge in [0, 0.05) is 31.3 Å². The van der Waals surface area contributed by atoms with Crippen molar-refractivity contribution in [3.63, 3.8) is 0 Å². The van der Waals surface area contributed by atoms with Gasteiger partial charge in [0.25, 0.3) is 0 Å². The molecule has 6 nitrogen and oxygen atoms in total. The molecule has 2 atom stereocenters. The topological polar surface area (TPSA) is 71.0 Å². The van der Waals surface area contributed by atoms with E-state index in [1.54, 1.807) is 0 Å². The predicted molar refractivity (Wildman–Crippen MR) is 61.8 cm³/mol. The molecule has 2 unspecified atom stereocenters. The summed E-state index contributed by atoms with van der Waals surface area (Å²) in [5.41, 5.74) is 0. The summed E-state index contributed by atoms with van der Waals surface area (Å²) in [7, 11) is -3.20. The summed E-state index contributed by atoms with van der Waals surface area (Å²) in [6.45, 7) is 0.881. The molecule has 1 heterocycles. The van der Waals surface area contributed by atoms with Gasteiger partial charge in [-0.1, -0.05) is 0 Å². The number of nitrogens with zero attached hydrogens (tertiary/aromatic N) is 1. The number of nitrogens with one attached hydrogen (secondary N) is 1. The van der Waals surface area contributed by atoms with Crippen LogP contribution in [0, 0.1) is 0 Å². The lowest BCUT2D eigenvalue weighted by molar-refractivity contribution is -0.308. The Morgan fingerprint density at radius 2 is 2.31 bits per heavy atom. The second-order valence-corrected chi connectivity index (χ2v) is 6.04. The first kappa shape index (κ1) is 14.7. The highest BCUT2D eigenvalue weighted by molar-refractivity contribution is 7.54. The Labute approximate surface area is 104 Å². The molecular weight excluding hydrogens is 278 g/mol. The normalized spacial score (nSPS) is 31.8. The van der Waals surface area contributed by atoms with Gasteiger partial charge in [0.1, 0.15) is 0 Å². The SMILES string of the molecule is O=P1(NCCCl)OCCC(OO)N1CCCl. The maximum absolute atomic E-state index is 12.4. The molecule has 16 heavy (non-hydrogen) atoms. The zero-order chi connectivity index (χ0) is 12.0. The first-order chi connectivity index (χ1) is 7.68. The fraction of sp³-hybridized carbons (Fsp3) is 1.00. The van der Waals surface area contributed by atoms with Gasteiger partial charge >= 0.3 is 7.67 Å². The van der Waals surface area contributed by atoms with Crippen LogP contribution in [0.2, 0.25) is 0 Å². The van der Waals surface area contributed by atoms with Crippen LogP contribution in [0.5, 0.6) is 0 Å². The maximum atomic E-state index is 12.4. The molecule has 1 fully saturated rings. The third-order valence-corrected chi connectivity index (χ3v) is 4.79. The molecule has 0 amide bonds. The Balaban J connectivity index is 2.73. The number of halogens is 2. The van der Waals surface area contributed by atoms with Crippen LogP contribution in [-0.4, -0.2) is 47.6 Å². The minimum Gasteiger partial charge on any atom is -0.306 e. The van der Waals surface area contributed by atoms with Crippen LogP contribution in [-0.2, 0) is 14.0 Å². The van der Waals surface area contributed by atoms with Crippen molar-refractivity contribution in [2.75, 3.05) is 31.5 Å². The van der Waals surface area contributed by atoms with E-state index in [0.29, 0.717) is 25.4 Å². The highest BCUT2D eigenvalue weighted by atomic mass is 35.5. The van der Waals surface area contributed by atoms with E-state index in [-0.39, 0.29) is 12.5 Å². The maximum Gasteiger partial charge on any atom is 0.345 e. The molecule has 0 radical (unpaired) electrons. The molecule has 1 rings (SSSR count). The highest BCUT2D eigenvalue weighted by Crippen LogP contribution is 2.51. The van der Waals surface area contributed by atoms with Gasteiger partial charge in [-0.2, -0.15) is 4.67 Å². The Morgan fingerprint density at radius 3 is 2.88 bits per heavy atom. The molecule has 1 aliphatic rings. The highest BCUT2D eigenvalue weighted by Gasteiger charge is 2.41. The van der Waals surface area contributed by atoms with Gasteiger partial charge in [-0.3, -0.25) is 9.82 Å². The third kappa shape index (κ3) is 3.55. The molecule has 0 spiro atoms. The van der Waals surface area contributed by atoms with Crippen molar-refractivity contribution in [3.05, 3.63) is 0 Å². The second kappa shape index (κ2) is 7.13. The molecule has 1 aliphatic heterocycles. The Morgan fingerprint density at radius 1 is 1.56 bits per heavy atom. The lowest BCUT2D eigenvalue weighted by atomic mass is 10.4. The van der Waals surface area contributed by atoms with Crippen LogP contribution in [0.25, 0.3) is 0 Å². The van der Waals surface area contributed by atoms with Gasteiger partial charge < -0.3 is 4.52 Å². The van der Waals surface area contributed by atoms with E-state index < -0.39 is 13.9 Å². The van der Waals surface area contributed by atoms with Gasteiger partial charge in [0.15, 0.2) is 6.23 Å². The monoisotopic (exact) mass is 292 g/mol. The van der Waals surface area contributed by atoms with Crippen LogP contribution in [0.3, 0.4) is 0 Å². The fourth-order valence-corrected chi connectivity index (χ4v) is 4.01. The van der Waals surface area contributed by atoms with Crippen molar-refractivity contribution in [1.29, 1.82) is 0 Å². The molecule has 96 valence electrons. The second-order valence-electron chi connectivity index (χ2n) is 3.15. The Hall–Kier alpha value is 0.610. The van der Waals surface area contributed by atoms with Crippen LogP contribution in [0.1, 0.15) is 6.42 Å². The minimum absolute atomic E-state index is 0.247.